The smallest absolute Gasteiger partial charge is 0.129 e. The van der Waals surface area contributed by atoms with E-state index in [4.69, 9.17) is 9.84 Å². The van der Waals surface area contributed by atoms with Crippen molar-refractivity contribution in [1.82, 2.24) is 0 Å². The molecule has 0 radical (unpaired) electrons. The Bertz CT molecular complexity index is 263. The summed E-state index contributed by atoms with van der Waals surface area (Å²) in [5.74, 6) is 0. The largest absolute Gasteiger partial charge is 0.392 e. The van der Waals surface area contributed by atoms with Gasteiger partial charge in [-0.2, -0.15) is 0 Å². The van der Waals surface area contributed by atoms with Crippen molar-refractivity contribution in [2.45, 2.75) is 23.9 Å². The van der Waals surface area contributed by atoms with E-state index in [9.17, 15) is 15.3 Å². The Labute approximate surface area is 87.9 Å². The maximum Gasteiger partial charge on any atom is 0.129 e. The fourth-order valence-corrected chi connectivity index (χ4v) is 1.57. The number of hydrogen-bond donors (Lipinski definition) is 4. The van der Waals surface area contributed by atoms with Crippen molar-refractivity contribution in [3.05, 3.63) is 24.3 Å². The summed E-state index contributed by atoms with van der Waals surface area (Å²) in [6, 6.07) is 0. The minimum Gasteiger partial charge on any atom is -0.392 e. The van der Waals surface area contributed by atoms with E-state index in [0.29, 0.717) is 0 Å². The van der Waals surface area contributed by atoms with Gasteiger partial charge in [0.15, 0.2) is 0 Å². The van der Waals surface area contributed by atoms with Crippen LogP contribution >= 0.6 is 0 Å². The third-order valence-corrected chi connectivity index (χ3v) is 2.44. The predicted molar refractivity (Wildman–Crippen MR) is 53.1 cm³/mol. The van der Waals surface area contributed by atoms with Gasteiger partial charge in [-0.25, -0.2) is 0 Å². The molecule has 0 spiro atoms. The molecule has 0 bridgehead atoms. The lowest BCUT2D eigenvalue weighted by Gasteiger charge is -2.37. The van der Waals surface area contributed by atoms with Crippen molar-refractivity contribution in [2.24, 2.45) is 0 Å². The van der Waals surface area contributed by atoms with Crippen LogP contribution in [0.15, 0.2) is 24.3 Å². The van der Waals surface area contributed by atoms with Crippen molar-refractivity contribution in [3.8, 4) is 0 Å². The molecule has 4 unspecified atom stereocenters. The highest BCUT2D eigenvalue weighted by Crippen LogP contribution is 2.26. The molecule has 0 aromatic carbocycles. The summed E-state index contributed by atoms with van der Waals surface area (Å²) >= 11 is 0. The average molecular weight is 216 g/mol. The van der Waals surface area contributed by atoms with E-state index in [0.717, 1.165) is 0 Å². The fourth-order valence-electron chi connectivity index (χ4n) is 1.57. The molecule has 4 N–H and O–H groups in total. The van der Waals surface area contributed by atoms with Gasteiger partial charge < -0.3 is 25.2 Å². The van der Waals surface area contributed by atoms with Gasteiger partial charge in [0, 0.05) is 7.11 Å². The first kappa shape index (κ1) is 12.4. The molecule has 0 saturated carbocycles. The van der Waals surface area contributed by atoms with Gasteiger partial charge in [0.25, 0.3) is 0 Å². The van der Waals surface area contributed by atoms with Crippen LogP contribution in [0.3, 0.4) is 0 Å². The lowest BCUT2D eigenvalue weighted by molar-refractivity contribution is -0.129. The summed E-state index contributed by atoms with van der Waals surface area (Å²) in [5.41, 5.74) is -1.61. The van der Waals surface area contributed by atoms with E-state index >= 15 is 0 Å². The topological polar surface area (TPSA) is 90.2 Å². The van der Waals surface area contributed by atoms with E-state index in [2.05, 4.69) is 0 Å². The molecule has 1 aliphatic carbocycles. The number of aliphatic hydroxyl groups is 4. The van der Waals surface area contributed by atoms with Crippen LogP contribution in [0.5, 0.6) is 0 Å². The van der Waals surface area contributed by atoms with Gasteiger partial charge in [-0.05, 0) is 12.2 Å². The van der Waals surface area contributed by atoms with Crippen LogP contribution in [-0.2, 0) is 4.74 Å². The third kappa shape index (κ3) is 2.45. The number of rotatable bonds is 3. The molecule has 4 atom stereocenters. The Morgan fingerprint density at radius 3 is 2.67 bits per heavy atom. The summed E-state index contributed by atoms with van der Waals surface area (Å²) in [7, 11) is 1.34. The second kappa shape index (κ2) is 4.87. The van der Waals surface area contributed by atoms with Gasteiger partial charge in [-0.1, -0.05) is 12.2 Å². The zero-order chi connectivity index (χ0) is 11.5. The van der Waals surface area contributed by atoms with E-state index in [1.807, 2.05) is 0 Å². The minimum absolute atomic E-state index is 0.233. The lowest BCUT2D eigenvalue weighted by atomic mass is 9.84. The summed E-state index contributed by atoms with van der Waals surface area (Å²) in [4.78, 5) is 0. The van der Waals surface area contributed by atoms with Crippen molar-refractivity contribution in [1.29, 1.82) is 0 Å². The molecule has 0 aromatic heterocycles. The normalized spacial score (nSPS) is 41.3. The molecule has 5 nitrogen and oxygen atoms in total. The van der Waals surface area contributed by atoms with Crippen LogP contribution in [0.1, 0.15) is 0 Å². The quantitative estimate of drug-likeness (QED) is 0.434. The lowest BCUT2D eigenvalue weighted by Crippen LogP contribution is -2.54. The molecular weight excluding hydrogens is 200 g/mol. The molecule has 1 aliphatic rings. The first-order valence-electron chi connectivity index (χ1n) is 4.64. The van der Waals surface area contributed by atoms with Crippen LogP contribution in [0.2, 0.25) is 0 Å². The molecule has 86 valence electrons. The Kier molecular flexibility index (Phi) is 4.01. The highest BCUT2D eigenvalue weighted by atomic mass is 16.5. The Hall–Kier alpha value is -0.720. The summed E-state index contributed by atoms with van der Waals surface area (Å²) in [6.07, 6.45) is 2.11. The zero-order valence-electron chi connectivity index (χ0n) is 8.45. The number of hydrogen-bond acceptors (Lipinski definition) is 5. The van der Waals surface area contributed by atoms with Crippen LogP contribution in [0.25, 0.3) is 0 Å². The van der Waals surface area contributed by atoms with Crippen molar-refractivity contribution in [3.63, 3.8) is 0 Å². The van der Waals surface area contributed by atoms with E-state index in [-0.39, 0.29) is 6.61 Å². The highest BCUT2D eigenvalue weighted by molar-refractivity contribution is 5.24. The zero-order valence-corrected chi connectivity index (χ0v) is 8.45. The monoisotopic (exact) mass is 216 g/mol. The van der Waals surface area contributed by atoms with Gasteiger partial charge >= 0.3 is 0 Å². The minimum atomic E-state index is -1.61. The Morgan fingerprint density at radius 1 is 1.47 bits per heavy atom. The second-order valence-corrected chi connectivity index (χ2v) is 3.47. The molecule has 0 aromatic rings. The molecule has 0 fully saturated rings. The SMILES string of the molecule is COC1C(O)C=CC(O)(/C=C/CO)C1O. The Morgan fingerprint density at radius 2 is 2.13 bits per heavy atom. The van der Waals surface area contributed by atoms with Crippen molar-refractivity contribution >= 4 is 0 Å². The number of aliphatic hydroxyl groups excluding tert-OH is 3. The van der Waals surface area contributed by atoms with Gasteiger partial charge in [0.2, 0.25) is 0 Å². The van der Waals surface area contributed by atoms with Crippen LogP contribution in [0.4, 0.5) is 0 Å². The molecule has 15 heavy (non-hydrogen) atoms. The number of methoxy groups -OCH3 is 1. The van der Waals surface area contributed by atoms with E-state index < -0.39 is 23.9 Å². The van der Waals surface area contributed by atoms with Crippen molar-refractivity contribution < 1.29 is 25.2 Å². The third-order valence-electron chi connectivity index (χ3n) is 2.44. The van der Waals surface area contributed by atoms with Gasteiger partial charge in [0.1, 0.15) is 23.9 Å². The molecule has 0 amide bonds. The highest BCUT2D eigenvalue weighted by Gasteiger charge is 2.42. The number of ether oxygens (including phenoxy) is 1. The van der Waals surface area contributed by atoms with Gasteiger partial charge in [-0.15, -0.1) is 0 Å². The second-order valence-electron chi connectivity index (χ2n) is 3.47. The summed E-state index contributed by atoms with van der Waals surface area (Å²) in [6.45, 7) is -0.233. The van der Waals surface area contributed by atoms with Gasteiger partial charge in [0.05, 0.1) is 6.61 Å². The molecule has 1 rings (SSSR count). The average Bonchev–Trinajstić information content (AvgIpc) is 2.23. The summed E-state index contributed by atoms with van der Waals surface area (Å²) in [5, 5.41) is 37.8. The molecule has 0 saturated heterocycles. The molecule has 5 heteroatoms. The van der Waals surface area contributed by atoms with E-state index in [1.54, 1.807) is 0 Å². The molecule has 0 aliphatic heterocycles. The standard InChI is InChI=1S/C10H16O5/c1-15-8-7(12)3-5-10(14,9(8)13)4-2-6-11/h2-5,7-9,11-14H,6H2,1H3/b4-2+. The molecular formula is C10H16O5. The maximum atomic E-state index is 9.96. The maximum absolute atomic E-state index is 9.96. The van der Waals surface area contributed by atoms with Crippen molar-refractivity contribution in [2.75, 3.05) is 13.7 Å². The fraction of sp³-hybridized carbons (Fsp3) is 0.600. The predicted octanol–water partition coefficient (Wildman–Crippen LogP) is -1.43. The molecule has 0 heterocycles. The first-order chi connectivity index (χ1) is 7.05. The van der Waals surface area contributed by atoms with Crippen LogP contribution in [0, 0.1) is 0 Å². The summed E-state index contributed by atoms with van der Waals surface area (Å²) < 4.78 is 4.88. The van der Waals surface area contributed by atoms with Crippen LogP contribution in [-0.4, -0.2) is 58.1 Å². The van der Waals surface area contributed by atoms with Crippen LogP contribution < -0.4 is 0 Å². The Balaban J connectivity index is 2.91. The van der Waals surface area contributed by atoms with E-state index in [1.165, 1.54) is 31.4 Å². The first-order valence-corrected chi connectivity index (χ1v) is 4.64. The van der Waals surface area contributed by atoms with Gasteiger partial charge in [-0.3, -0.25) is 0 Å².